The highest BCUT2D eigenvalue weighted by Gasteiger charge is 2.25. The molecule has 1 unspecified atom stereocenters. The summed E-state index contributed by atoms with van der Waals surface area (Å²) in [7, 11) is 1.89. The highest BCUT2D eigenvalue weighted by Crippen LogP contribution is 2.17. The monoisotopic (exact) mass is 371 g/mol. The lowest BCUT2D eigenvalue weighted by atomic mass is 10.1. The number of nitrogens with one attached hydrogen (secondary N) is 1. The summed E-state index contributed by atoms with van der Waals surface area (Å²) in [4.78, 5) is 25.5. The summed E-state index contributed by atoms with van der Waals surface area (Å²) in [6.07, 6.45) is 10.9. The number of aryl methyl sites for hydroxylation is 1. The van der Waals surface area contributed by atoms with Gasteiger partial charge < -0.3 is 15.1 Å². The zero-order valence-corrected chi connectivity index (χ0v) is 16.4. The first-order chi connectivity index (χ1) is 13.0. The third-order valence-electron chi connectivity index (χ3n) is 4.63. The zero-order valence-electron chi connectivity index (χ0n) is 16.4. The Balaban J connectivity index is 1.61. The summed E-state index contributed by atoms with van der Waals surface area (Å²) >= 11 is 0. The molecule has 1 saturated heterocycles. The third kappa shape index (κ3) is 5.42. The van der Waals surface area contributed by atoms with Crippen LogP contribution in [0.5, 0.6) is 0 Å². The highest BCUT2D eigenvalue weighted by atomic mass is 16.2. The minimum atomic E-state index is -0.0152. The normalized spacial score (nSPS) is 17.2. The van der Waals surface area contributed by atoms with Crippen molar-refractivity contribution in [2.45, 2.75) is 39.3 Å². The van der Waals surface area contributed by atoms with Crippen LogP contribution in [-0.2, 0) is 13.6 Å². The van der Waals surface area contributed by atoms with Crippen LogP contribution in [0.3, 0.4) is 0 Å². The predicted molar refractivity (Wildman–Crippen MR) is 104 cm³/mol. The van der Waals surface area contributed by atoms with Gasteiger partial charge in [0.1, 0.15) is 5.82 Å². The van der Waals surface area contributed by atoms with Crippen molar-refractivity contribution < 1.29 is 4.79 Å². The number of hydrogen-bond donors (Lipinski definition) is 1. The van der Waals surface area contributed by atoms with Crippen molar-refractivity contribution in [1.82, 2.24) is 30.0 Å². The fourth-order valence-electron chi connectivity index (χ4n) is 3.46. The van der Waals surface area contributed by atoms with E-state index in [-0.39, 0.29) is 12.1 Å². The number of piperidine rings is 1. The molecule has 3 heterocycles. The molecule has 1 N–H and O–H groups in total. The summed E-state index contributed by atoms with van der Waals surface area (Å²) in [6, 6.07) is 0.0929. The van der Waals surface area contributed by atoms with Crippen LogP contribution in [0.15, 0.2) is 31.0 Å². The first-order valence-corrected chi connectivity index (χ1v) is 9.55. The van der Waals surface area contributed by atoms with Crippen LogP contribution >= 0.6 is 0 Å². The second kappa shape index (κ2) is 8.83. The number of nitrogens with zero attached hydrogens (tertiary/aromatic N) is 6. The first-order valence-electron chi connectivity index (χ1n) is 9.55. The molecule has 0 bridgehead atoms. The lowest BCUT2D eigenvalue weighted by Gasteiger charge is -2.35. The number of hydrogen-bond acceptors (Lipinski definition) is 5. The van der Waals surface area contributed by atoms with E-state index in [1.165, 1.54) is 0 Å². The Morgan fingerprint density at radius 3 is 2.89 bits per heavy atom. The van der Waals surface area contributed by atoms with Crippen LogP contribution in [0.25, 0.3) is 0 Å². The zero-order chi connectivity index (χ0) is 19.2. The second-order valence-corrected chi connectivity index (χ2v) is 7.59. The summed E-state index contributed by atoms with van der Waals surface area (Å²) in [5.41, 5.74) is 1.04. The molecular formula is C19H29N7O. The van der Waals surface area contributed by atoms with Crippen LogP contribution < -0.4 is 10.2 Å². The van der Waals surface area contributed by atoms with Gasteiger partial charge in [-0.15, -0.1) is 0 Å². The molecule has 3 rings (SSSR count). The van der Waals surface area contributed by atoms with Gasteiger partial charge in [-0.2, -0.15) is 5.10 Å². The molecule has 1 fully saturated rings. The average Bonchev–Trinajstić information content (AvgIpc) is 3.06. The molecule has 146 valence electrons. The van der Waals surface area contributed by atoms with E-state index in [1.54, 1.807) is 23.3 Å². The van der Waals surface area contributed by atoms with Crippen LogP contribution in [-0.4, -0.2) is 56.4 Å². The summed E-state index contributed by atoms with van der Waals surface area (Å²) in [6.45, 7) is 7.23. The maximum Gasteiger partial charge on any atom is 0.317 e. The Hall–Kier alpha value is -2.64. The van der Waals surface area contributed by atoms with E-state index in [0.29, 0.717) is 19.0 Å². The standard InChI is InChI=1S/C19H29N7O/c1-15(2)11-26(13-16-9-22-24(3)12-16)19(27)23-17-5-4-8-25(14-17)18-10-20-6-7-21-18/h6-7,9-10,12,15,17H,4-5,8,11,13-14H2,1-3H3,(H,23,27). The maximum atomic E-state index is 12.9. The van der Waals surface area contributed by atoms with E-state index in [9.17, 15) is 4.79 Å². The molecule has 2 aromatic rings. The average molecular weight is 371 g/mol. The topological polar surface area (TPSA) is 79.2 Å². The number of anilines is 1. The van der Waals surface area contributed by atoms with E-state index in [4.69, 9.17) is 0 Å². The van der Waals surface area contributed by atoms with E-state index >= 15 is 0 Å². The quantitative estimate of drug-likeness (QED) is 0.841. The lowest BCUT2D eigenvalue weighted by molar-refractivity contribution is 0.182. The van der Waals surface area contributed by atoms with Gasteiger partial charge in [-0.25, -0.2) is 9.78 Å². The molecule has 1 aliphatic rings. The second-order valence-electron chi connectivity index (χ2n) is 7.59. The van der Waals surface area contributed by atoms with Crippen molar-refractivity contribution in [2.75, 3.05) is 24.5 Å². The Kier molecular flexibility index (Phi) is 6.26. The van der Waals surface area contributed by atoms with Crippen LogP contribution in [0.1, 0.15) is 32.3 Å². The molecule has 1 aliphatic heterocycles. The maximum absolute atomic E-state index is 12.9. The molecule has 0 aliphatic carbocycles. The molecule has 27 heavy (non-hydrogen) atoms. The van der Waals surface area contributed by atoms with E-state index in [0.717, 1.165) is 37.3 Å². The Labute approximate surface area is 160 Å². The SMILES string of the molecule is CC(C)CN(Cc1cnn(C)c1)C(=O)NC1CCCN(c2cnccn2)C1. The predicted octanol–water partition coefficient (Wildman–Crippen LogP) is 2.05. The van der Waals surface area contributed by atoms with Crippen LogP contribution in [0.4, 0.5) is 10.6 Å². The van der Waals surface area contributed by atoms with Crippen LogP contribution in [0, 0.1) is 5.92 Å². The van der Waals surface area contributed by atoms with Gasteiger partial charge in [-0.3, -0.25) is 9.67 Å². The van der Waals surface area contributed by atoms with Gasteiger partial charge in [0.05, 0.1) is 18.9 Å². The number of urea groups is 1. The lowest BCUT2D eigenvalue weighted by Crippen LogP contribution is -2.52. The van der Waals surface area contributed by atoms with Gasteiger partial charge in [0, 0.05) is 56.9 Å². The Morgan fingerprint density at radius 2 is 2.22 bits per heavy atom. The van der Waals surface area contributed by atoms with Crippen molar-refractivity contribution in [3.05, 3.63) is 36.5 Å². The van der Waals surface area contributed by atoms with E-state index in [1.807, 2.05) is 24.3 Å². The Morgan fingerprint density at radius 1 is 1.37 bits per heavy atom. The smallest absolute Gasteiger partial charge is 0.317 e. The minimum absolute atomic E-state index is 0.0152. The molecule has 0 spiro atoms. The summed E-state index contributed by atoms with van der Waals surface area (Å²) in [5, 5.41) is 7.43. The molecule has 0 radical (unpaired) electrons. The fourth-order valence-corrected chi connectivity index (χ4v) is 3.46. The van der Waals surface area contributed by atoms with E-state index in [2.05, 4.69) is 39.1 Å². The molecule has 2 amide bonds. The van der Waals surface area contributed by atoms with Gasteiger partial charge in [0.15, 0.2) is 0 Å². The van der Waals surface area contributed by atoms with Crippen molar-refractivity contribution in [2.24, 2.45) is 13.0 Å². The summed E-state index contributed by atoms with van der Waals surface area (Å²) < 4.78 is 1.76. The molecular weight excluding hydrogens is 342 g/mol. The Bertz CT molecular complexity index is 731. The highest BCUT2D eigenvalue weighted by molar-refractivity contribution is 5.74. The molecule has 8 heteroatoms. The molecule has 2 aromatic heterocycles. The van der Waals surface area contributed by atoms with Gasteiger partial charge in [0.2, 0.25) is 0 Å². The number of carbonyl (C=O) groups excluding carboxylic acids is 1. The molecule has 0 saturated carbocycles. The molecule has 8 nitrogen and oxygen atoms in total. The van der Waals surface area contributed by atoms with Gasteiger partial charge >= 0.3 is 6.03 Å². The number of carbonyl (C=O) groups is 1. The third-order valence-corrected chi connectivity index (χ3v) is 4.63. The van der Waals surface area contributed by atoms with Gasteiger partial charge in [-0.1, -0.05) is 13.8 Å². The fraction of sp³-hybridized carbons (Fsp3) is 0.579. The minimum Gasteiger partial charge on any atom is -0.353 e. The van der Waals surface area contributed by atoms with Crippen molar-refractivity contribution >= 4 is 11.8 Å². The van der Waals surface area contributed by atoms with Crippen molar-refractivity contribution in [3.63, 3.8) is 0 Å². The van der Waals surface area contributed by atoms with Crippen molar-refractivity contribution in [3.8, 4) is 0 Å². The van der Waals surface area contributed by atoms with Gasteiger partial charge in [-0.05, 0) is 18.8 Å². The number of rotatable bonds is 6. The van der Waals surface area contributed by atoms with Crippen LogP contribution in [0.2, 0.25) is 0 Å². The van der Waals surface area contributed by atoms with E-state index < -0.39 is 0 Å². The number of amides is 2. The van der Waals surface area contributed by atoms with Crippen molar-refractivity contribution in [1.29, 1.82) is 0 Å². The largest absolute Gasteiger partial charge is 0.353 e. The summed E-state index contributed by atoms with van der Waals surface area (Å²) in [5.74, 6) is 1.26. The molecule has 0 aromatic carbocycles. The molecule has 1 atom stereocenters. The first kappa shape index (κ1) is 19.1. The number of aromatic nitrogens is 4. The van der Waals surface area contributed by atoms with Gasteiger partial charge in [0.25, 0.3) is 0 Å².